The molecule has 62 heavy (non-hydrogen) atoms. The van der Waals surface area contributed by atoms with E-state index in [0.29, 0.717) is 12.8 Å². The lowest BCUT2D eigenvalue weighted by atomic mass is 9.85. The van der Waals surface area contributed by atoms with Crippen LogP contribution in [0.5, 0.6) is 0 Å². The Morgan fingerprint density at radius 3 is 1.34 bits per heavy atom. The highest BCUT2D eigenvalue weighted by molar-refractivity contribution is 7.47. The zero-order valence-electron chi connectivity index (χ0n) is 38.7. The molecule has 0 aromatic carbocycles. The van der Waals surface area contributed by atoms with Crippen molar-refractivity contribution in [2.45, 2.75) is 256 Å². The molecule has 0 aliphatic heterocycles. The van der Waals surface area contributed by atoms with Crippen LogP contribution >= 0.6 is 7.82 Å². The van der Waals surface area contributed by atoms with E-state index >= 15 is 0 Å². The van der Waals surface area contributed by atoms with Crippen LogP contribution < -0.4 is 0 Å². The highest BCUT2D eigenvalue weighted by Crippen LogP contribution is 2.47. The third-order valence-electron chi connectivity index (χ3n) is 11.5. The van der Waals surface area contributed by atoms with Crippen molar-refractivity contribution in [3.63, 3.8) is 0 Å². The molecule has 1 rings (SSSR count). The summed E-state index contributed by atoms with van der Waals surface area (Å²) in [6.07, 6.45) is 29.4. The van der Waals surface area contributed by atoms with Crippen molar-refractivity contribution in [2.75, 3.05) is 13.2 Å². The molecule has 0 heterocycles. The van der Waals surface area contributed by atoms with Crippen LogP contribution in [0.1, 0.15) is 213 Å². The van der Waals surface area contributed by atoms with E-state index in [1.54, 1.807) is 0 Å². The number of allylic oxidation sites excluding steroid dienone is 4. The molecule has 6 N–H and O–H groups in total. The number of rotatable bonds is 41. The molecule has 0 aromatic heterocycles. The maximum absolute atomic E-state index is 12.8. The highest BCUT2D eigenvalue weighted by atomic mass is 31.2. The third-order valence-corrected chi connectivity index (χ3v) is 12.5. The molecule has 0 aromatic rings. The van der Waals surface area contributed by atoms with Crippen LogP contribution in [0.4, 0.5) is 0 Å². The lowest BCUT2D eigenvalue weighted by Crippen LogP contribution is -2.64. The van der Waals surface area contributed by atoms with Crippen molar-refractivity contribution >= 4 is 19.8 Å². The monoisotopic (exact) mass is 905 g/mol. The Kier molecular flexibility index (Phi) is 36.3. The van der Waals surface area contributed by atoms with Crippen LogP contribution in [0.2, 0.25) is 0 Å². The number of carbonyl (C=O) groups is 2. The van der Waals surface area contributed by atoms with E-state index in [-0.39, 0.29) is 12.8 Å². The van der Waals surface area contributed by atoms with E-state index in [4.69, 9.17) is 18.5 Å². The molecule has 364 valence electrons. The average molecular weight is 905 g/mol. The summed E-state index contributed by atoms with van der Waals surface area (Å²) in [6, 6.07) is 0. The van der Waals surface area contributed by atoms with Crippen molar-refractivity contribution in [2.24, 2.45) is 0 Å². The molecular formula is C48H89O13P. The minimum Gasteiger partial charge on any atom is -0.462 e. The van der Waals surface area contributed by atoms with E-state index in [0.717, 1.165) is 64.2 Å². The van der Waals surface area contributed by atoms with Crippen molar-refractivity contribution < 1.29 is 63.1 Å². The van der Waals surface area contributed by atoms with Gasteiger partial charge in [0, 0.05) is 12.8 Å². The lowest BCUT2D eigenvalue weighted by molar-refractivity contribution is -0.220. The second kappa shape index (κ2) is 38.6. The van der Waals surface area contributed by atoms with E-state index in [1.807, 2.05) is 0 Å². The van der Waals surface area contributed by atoms with E-state index in [1.165, 1.54) is 109 Å². The molecule has 0 spiro atoms. The Balaban J connectivity index is 2.41. The largest absolute Gasteiger partial charge is 0.472 e. The first kappa shape index (κ1) is 58.3. The number of carbonyl (C=O) groups excluding carboxylic acids is 2. The number of phosphoric acid groups is 1. The summed E-state index contributed by atoms with van der Waals surface area (Å²) in [5, 5.41) is 50.2. The minimum atomic E-state index is -5.12. The van der Waals surface area contributed by atoms with Crippen LogP contribution in [-0.2, 0) is 32.7 Å². The van der Waals surface area contributed by atoms with E-state index in [2.05, 4.69) is 38.2 Å². The molecule has 1 aliphatic rings. The van der Waals surface area contributed by atoms with Gasteiger partial charge in [-0.1, -0.05) is 179 Å². The van der Waals surface area contributed by atoms with Crippen molar-refractivity contribution in [3.8, 4) is 0 Å². The molecule has 0 amide bonds. The maximum Gasteiger partial charge on any atom is 0.472 e. The van der Waals surface area contributed by atoms with Crippen LogP contribution in [0.3, 0.4) is 0 Å². The Morgan fingerprint density at radius 1 is 0.500 bits per heavy atom. The van der Waals surface area contributed by atoms with Crippen LogP contribution in [0.25, 0.3) is 0 Å². The van der Waals surface area contributed by atoms with Gasteiger partial charge in [-0.2, -0.15) is 0 Å². The number of aliphatic hydroxyl groups is 5. The molecule has 6 unspecified atom stereocenters. The summed E-state index contributed by atoms with van der Waals surface area (Å²) in [5.74, 6) is -1.09. The molecule has 1 saturated carbocycles. The second-order valence-corrected chi connectivity index (χ2v) is 18.7. The van der Waals surface area contributed by atoms with Gasteiger partial charge in [-0.15, -0.1) is 0 Å². The number of unbranched alkanes of at least 4 members (excludes halogenated alkanes) is 25. The van der Waals surface area contributed by atoms with Gasteiger partial charge in [0.05, 0.1) is 6.61 Å². The molecule has 0 radical (unpaired) electrons. The SMILES string of the molecule is CCCCC/C=C\C/C=C\CCCCCCCCCCCC(=O)OC[C@H](COP(=O)(O)OC1C(O)C(O)C(O)[C@@H](O)C1O)OC(=O)CCCCCCCCCCCCCCCC. The first-order valence-corrected chi connectivity index (χ1v) is 26.1. The summed E-state index contributed by atoms with van der Waals surface area (Å²) in [4.78, 5) is 35.8. The molecule has 1 aliphatic carbocycles. The summed E-state index contributed by atoms with van der Waals surface area (Å²) in [5.41, 5.74) is 0. The average Bonchev–Trinajstić information content (AvgIpc) is 3.25. The van der Waals surface area contributed by atoms with Crippen LogP contribution in [0.15, 0.2) is 24.3 Å². The molecule has 8 atom stereocenters. The quantitative estimate of drug-likeness (QED) is 0.0146. The van der Waals surface area contributed by atoms with Crippen LogP contribution in [-0.4, -0.2) is 98.3 Å². The Hall–Kier alpha value is -1.67. The normalized spacial score (nSPS) is 22.0. The predicted molar refractivity (Wildman–Crippen MR) is 244 cm³/mol. The second-order valence-electron chi connectivity index (χ2n) is 17.3. The molecule has 14 heteroatoms. The number of ether oxygens (including phenoxy) is 2. The fourth-order valence-corrected chi connectivity index (χ4v) is 8.53. The van der Waals surface area contributed by atoms with Crippen molar-refractivity contribution in [1.82, 2.24) is 0 Å². The first-order chi connectivity index (χ1) is 29.9. The summed E-state index contributed by atoms with van der Waals surface area (Å²) in [6.45, 7) is 3.29. The number of hydrogen-bond donors (Lipinski definition) is 6. The molecular weight excluding hydrogens is 815 g/mol. The highest BCUT2D eigenvalue weighted by Gasteiger charge is 2.51. The van der Waals surface area contributed by atoms with Crippen molar-refractivity contribution in [3.05, 3.63) is 24.3 Å². The smallest absolute Gasteiger partial charge is 0.462 e. The van der Waals surface area contributed by atoms with Crippen LogP contribution in [0, 0.1) is 0 Å². The Labute approximate surface area is 375 Å². The molecule has 0 bridgehead atoms. The number of aliphatic hydroxyl groups excluding tert-OH is 5. The van der Waals surface area contributed by atoms with Gasteiger partial charge in [-0.3, -0.25) is 18.6 Å². The number of phosphoric ester groups is 1. The third kappa shape index (κ3) is 30.5. The Bertz CT molecular complexity index is 1180. The van der Waals surface area contributed by atoms with Gasteiger partial charge in [0.1, 0.15) is 43.2 Å². The number of hydrogen-bond acceptors (Lipinski definition) is 12. The zero-order chi connectivity index (χ0) is 45.7. The topological polar surface area (TPSA) is 210 Å². The molecule has 1 fully saturated rings. The van der Waals surface area contributed by atoms with Gasteiger partial charge in [0.15, 0.2) is 6.10 Å². The fourth-order valence-electron chi connectivity index (χ4n) is 7.55. The Morgan fingerprint density at radius 2 is 0.871 bits per heavy atom. The first-order valence-electron chi connectivity index (χ1n) is 24.6. The fraction of sp³-hybridized carbons (Fsp3) is 0.875. The maximum atomic E-state index is 12.8. The summed E-state index contributed by atoms with van der Waals surface area (Å²) < 4.78 is 33.6. The zero-order valence-corrected chi connectivity index (χ0v) is 39.6. The minimum absolute atomic E-state index is 0.100. The molecule has 0 saturated heterocycles. The predicted octanol–water partition coefficient (Wildman–Crippen LogP) is 10.0. The standard InChI is InChI=1S/C48H89O13P/c1-3-5-7-9-11-13-15-17-19-20-21-22-23-25-26-28-30-32-34-36-41(49)58-38-40(39-59-62(56,57)61-48-46(54)44(52)43(51)45(53)47(48)55)60-42(50)37-35-33-31-29-27-24-18-16-14-12-10-8-6-4-2/h11,13,17,19,40,43-48,51-55H,3-10,12,14-16,18,20-39H2,1-2H3,(H,56,57)/b13-11-,19-17-/t40-,43?,44-,45?,46?,47?,48?/m1/s1. The number of esters is 2. The lowest BCUT2D eigenvalue weighted by Gasteiger charge is -2.41. The van der Waals surface area contributed by atoms with Gasteiger partial charge in [0.25, 0.3) is 0 Å². The summed E-state index contributed by atoms with van der Waals surface area (Å²) in [7, 11) is -5.12. The van der Waals surface area contributed by atoms with Gasteiger partial charge in [-0.25, -0.2) is 4.57 Å². The van der Waals surface area contributed by atoms with Gasteiger partial charge >= 0.3 is 19.8 Å². The van der Waals surface area contributed by atoms with Gasteiger partial charge < -0.3 is 39.9 Å². The van der Waals surface area contributed by atoms with E-state index < -0.39 is 75.7 Å². The molecule has 13 nitrogen and oxygen atoms in total. The summed E-state index contributed by atoms with van der Waals surface area (Å²) >= 11 is 0. The van der Waals surface area contributed by atoms with Gasteiger partial charge in [0.2, 0.25) is 0 Å². The van der Waals surface area contributed by atoms with Gasteiger partial charge in [-0.05, 0) is 44.9 Å². The van der Waals surface area contributed by atoms with E-state index in [9.17, 15) is 44.6 Å². The van der Waals surface area contributed by atoms with Crippen molar-refractivity contribution in [1.29, 1.82) is 0 Å².